The molecule has 108 valence electrons. The zero-order valence-corrected chi connectivity index (χ0v) is 13.9. The van der Waals surface area contributed by atoms with Crippen molar-refractivity contribution in [3.63, 3.8) is 0 Å². The van der Waals surface area contributed by atoms with Crippen LogP contribution in [-0.2, 0) is 4.57 Å². The van der Waals surface area contributed by atoms with Crippen molar-refractivity contribution < 1.29 is 4.57 Å². The Hall–Kier alpha value is -1.52. The van der Waals surface area contributed by atoms with Gasteiger partial charge in [-0.15, -0.1) is 5.73 Å². The van der Waals surface area contributed by atoms with Gasteiger partial charge in [0.25, 0.3) is 0 Å². The van der Waals surface area contributed by atoms with E-state index in [2.05, 4.69) is 12.3 Å². The largest absolute Gasteiger partial charge is 0.313 e. The fourth-order valence-electron chi connectivity index (χ4n) is 2.36. The number of halogens is 1. The van der Waals surface area contributed by atoms with Crippen LogP contribution in [0.2, 0.25) is 5.02 Å². The molecule has 21 heavy (non-hydrogen) atoms. The van der Waals surface area contributed by atoms with Crippen LogP contribution in [0.1, 0.15) is 19.4 Å². The Bertz CT molecular complexity index is 711. The van der Waals surface area contributed by atoms with Gasteiger partial charge in [-0.1, -0.05) is 62.4 Å². The van der Waals surface area contributed by atoms with E-state index in [0.29, 0.717) is 10.3 Å². The molecule has 0 radical (unpaired) electrons. The van der Waals surface area contributed by atoms with E-state index in [1.807, 2.05) is 56.3 Å². The fraction of sp³-hybridized carbons (Fsp3) is 0.167. The summed E-state index contributed by atoms with van der Waals surface area (Å²) in [6.45, 7) is 7.70. The maximum atomic E-state index is 13.8. The Morgan fingerprint density at radius 2 is 1.67 bits per heavy atom. The highest BCUT2D eigenvalue weighted by Gasteiger charge is 2.34. The second-order valence-corrected chi connectivity index (χ2v) is 8.87. The lowest BCUT2D eigenvalue weighted by Crippen LogP contribution is -2.13. The van der Waals surface area contributed by atoms with E-state index in [1.165, 1.54) is 0 Å². The van der Waals surface area contributed by atoms with Crippen molar-refractivity contribution in [2.24, 2.45) is 0 Å². The Morgan fingerprint density at radius 1 is 1.10 bits per heavy atom. The number of benzene rings is 2. The molecule has 0 aliphatic heterocycles. The maximum Gasteiger partial charge on any atom is 0.153 e. The molecule has 0 N–H and O–H groups in total. The number of hydrogen-bond acceptors (Lipinski definition) is 1. The molecule has 0 fully saturated rings. The monoisotopic (exact) mass is 316 g/mol. The van der Waals surface area contributed by atoms with Crippen LogP contribution in [-0.4, -0.2) is 5.66 Å². The van der Waals surface area contributed by atoms with E-state index in [1.54, 1.807) is 12.1 Å². The zero-order chi connectivity index (χ0) is 15.5. The van der Waals surface area contributed by atoms with Gasteiger partial charge in [0, 0.05) is 16.0 Å². The lowest BCUT2D eigenvalue weighted by molar-refractivity contribution is 0.582. The van der Waals surface area contributed by atoms with Crippen molar-refractivity contribution in [2.75, 3.05) is 0 Å². The summed E-state index contributed by atoms with van der Waals surface area (Å²) in [6.07, 6.45) is 0. The molecule has 1 nitrogen and oxygen atoms in total. The molecule has 0 aliphatic carbocycles. The molecule has 0 spiro atoms. The smallest absolute Gasteiger partial charge is 0.153 e. The minimum Gasteiger partial charge on any atom is -0.313 e. The van der Waals surface area contributed by atoms with Gasteiger partial charge in [0.1, 0.15) is 0 Å². The van der Waals surface area contributed by atoms with Crippen molar-refractivity contribution in [3.05, 3.63) is 77.5 Å². The van der Waals surface area contributed by atoms with Crippen molar-refractivity contribution in [2.45, 2.75) is 19.5 Å². The summed E-state index contributed by atoms with van der Waals surface area (Å²) < 4.78 is 13.8. The van der Waals surface area contributed by atoms with E-state index < -0.39 is 7.14 Å². The van der Waals surface area contributed by atoms with E-state index in [-0.39, 0.29) is 5.66 Å². The Kier molecular flexibility index (Phi) is 4.91. The molecule has 0 aliphatic rings. The van der Waals surface area contributed by atoms with E-state index >= 15 is 0 Å². The molecular weight excluding hydrogens is 299 g/mol. The standard InChI is InChI=1S/C18H18ClOP/c1-4-18(15-8-6-5-7-9-15)21(20,14(2)3)17-12-10-16(19)11-13-17/h5-14H,1H2,2-3H3/t21-/m0/s1. The Balaban J connectivity index is 2.65. The van der Waals surface area contributed by atoms with Gasteiger partial charge in [-0.05, 0) is 29.8 Å². The highest BCUT2D eigenvalue weighted by Crippen LogP contribution is 2.60. The summed E-state index contributed by atoms with van der Waals surface area (Å²) in [7, 11) is -2.81. The molecule has 0 aromatic heterocycles. The minimum atomic E-state index is -2.81. The molecule has 2 aromatic rings. The maximum absolute atomic E-state index is 13.8. The van der Waals surface area contributed by atoms with Gasteiger partial charge < -0.3 is 4.57 Å². The molecule has 2 aromatic carbocycles. The third-order valence-corrected chi connectivity index (χ3v) is 7.34. The van der Waals surface area contributed by atoms with Crippen LogP contribution in [0.4, 0.5) is 0 Å². The lowest BCUT2D eigenvalue weighted by atomic mass is 10.2. The van der Waals surface area contributed by atoms with Crippen LogP contribution in [0, 0.1) is 0 Å². The van der Waals surface area contributed by atoms with Gasteiger partial charge in [0.15, 0.2) is 7.14 Å². The third kappa shape index (κ3) is 3.06. The summed E-state index contributed by atoms with van der Waals surface area (Å²) in [4.78, 5) is 0. The van der Waals surface area contributed by atoms with Crippen molar-refractivity contribution >= 4 is 29.4 Å². The van der Waals surface area contributed by atoms with Crippen LogP contribution in [0.5, 0.6) is 0 Å². The molecule has 0 heterocycles. The molecule has 1 atom stereocenters. The van der Waals surface area contributed by atoms with Crippen molar-refractivity contribution in [1.29, 1.82) is 0 Å². The van der Waals surface area contributed by atoms with Crippen LogP contribution < -0.4 is 5.30 Å². The Labute approximate surface area is 131 Å². The van der Waals surface area contributed by atoms with Gasteiger partial charge in [0.05, 0.1) is 5.31 Å². The van der Waals surface area contributed by atoms with Crippen LogP contribution in [0.15, 0.2) is 66.9 Å². The fourth-order valence-corrected chi connectivity index (χ4v) is 5.21. The molecule has 3 heteroatoms. The molecule has 0 amide bonds. The van der Waals surface area contributed by atoms with Gasteiger partial charge in [-0.25, -0.2) is 0 Å². The van der Waals surface area contributed by atoms with E-state index in [4.69, 9.17) is 11.6 Å². The second kappa shape index (κ2) is 6.50. The summed E-state index contributed by atoms with van der Waals surface area (Å²) in [5, 5.41) is 2.11. The predicted molar refractivity (Wildman–Crippen MR) is 92.8 cm³/mol. The normalized spacial score (nSPS) is 13.5. The quantitative estimate of drug-likeness (QED) is 0.533. The predicted octanol–water partition coefficient (Wildman–Crippen LogP) is 5.56. The number of rotatable bonds is 4. The first kappa shape index (κ1) is 15.9. The van der Waals surface area contributed by atoms with Gasteiger partial charge in [0.2, 0.25) is 0 Å². The van der Waals surface area contributed by atoms with Crippen LogP contribution in [0.3, 0.4) is 0 Å². The average Bonchev–Trinajstić information content (AvgIpc) is 2.49. The van der Waals surface area contributed by atoms with Gasteiger partial charge in [-0.3, -0.25) is 0 Å². The second-order valence-electron chi connectivity index (χ2n) is 5.12. The van der Waals surface area contributed by atoms with E-state index in [0.717, 1.165) is 10.9 Å². The Morgan fingerprint density at radius 3 is 2.14 bits per heavy atom. The molecule has 0 saturated carbocycles. The highest BCUT2D eigenvalue weighted by atomic mass is 35.5. The SMILES string of the molecule is C=C=C(c1ccccc1)[P@@](=O)(c1ccc(Cl)cc1)C(C)C. The van der Waals surface area contributed by atoms with Gasteiger partial charge >= 0.3 is 0 Å². The van der Waals surface area contributed by atoms with Gasteiger partial charge in [-0.2, -0.15) is 0 Å². The summed E-state index contributed by atoms with van der Waals surface area (Å²) >= 11 is 5.95. The lowest BCUT2D eigenvalue weighted by Gasteiger charge is -2.24. The summed E-state index contributed by atoms with van der Waals surface area (Å²) in [6, 6.07) is 16.9. The first-order chi connectivity index (χ1) is 10.00. The summed E-state index contributed by atoms with van der Waals surface area (Å²) in [5.41, 5.74) is 3.79. The van der Waals surface area contributed by atoms with Crippen molar-refractivity contribution in [1.82, 2.24) is 0 Å². The minimum absolute atomic E-state index is 0.0388. The van der Waals surface area contributed by atoms with E-state index in [9.17, 15) is 4.57 Å². The van der Waals surface area contributed by atoms with Crippen LogP contribution in [0.25, 0.3) is 5.31 Å². The molecule has 0 saturated heterocycles. The topological polar surface area (TPSA) is 17.1 Å². The third-order valence-electron chi connectivity index (χ3n) is 3.48. The van der Waals surface area contributed by atoms with Crippen LogP contribution >= 0.6 is 18.7 Å². The van der Waals surface area contributed by atoms with Crippen molar-refractivity contribution in [3.8, 4) is 0 Å². The molecule has 2 rings (SSSR count). The average molecular weight is 317 g/mol. The summed E-state index contributed by atoms with van der Waals surface area (Å²) in [5.74, 6) is 0. The molecular formula is C18H18ClOP. The highest BCUT2D eigenvalue weighted by molar-refractivity contribution is 7.81. The first-order valence-electron chi connectivity index (χ1n) is 6.82. The molecule has 0 bridgehead atoms. The zero-order valence-electron chi connectivity index (χ0n) is 12.2. The number of hydrogen-bond donors (Lipinski definition) is 0. The molecule has 0 unspecified atom stereocenters. The first-order valence-corrected chi connectivity index (χ1v) is 8.97.